The number of ether oxygens (including phenoxy) is 1. The molecule has 0 saturated heterocycles. The van der Waals surface area contributed by atoms with Gasteiger partial charge in [-0.15, -0.1) is 11.3 Å². The highest BCUT2D eigenvalue weighted by molar-refractivity contribution is 7.07. The number of carbonyl (C=O) groups excluding carboxylic acids is 1. The van der Waals surface area contributed by atoms with Crippen molar-refractivity contribution >= 4 is 28.2 Å². The minimum atomic E-state index is -0.375. The molecule has 0 fully saturated rings. The normalized spacial score (nSPS) is 11.2. The van der Waals surface area contributed by atoms with Crippen molar-refractivity contribution in [2.45, 2.75) is 20.5 Å². The molecule has 172 valence electrons. The van der Waals surface area contributed by atoms with Crippen LogP contribution in [-0.4, -0.2) is 23.1 Å². The fraction of sp³-hybridized carbons (Fsp3) is 0.160. The molecule has 34 heavy (non-hydrogen) atoms. The first-order valence-electron chi connectivity index (χ1n) is 10.5. The Morgan fingerprint density at radius 2 is 2.00 bits per heavy atom. The average molecular weight is 478 g/mol. The van der Waals surface area contributed by atoms with Crippen molar-refractivity contribution in [3.05, 3.63) is 75.8 Å². The smallest absolute Gasteiger partial charge is 0.255 e. The van der Waals surface area contributed by atoms with E-state index in [1.807, 2.05) is 25.3 Å². The fourth-order valence-electron chi connectivity index (χ4n) is 3.92. The van der Waals surface area contributed by atoms with Gasteiger partial charge in [0.15, 0.2) is 0 Å². The molecule has 0 atom stereocenters. The Labute approximate surface area is 198 Å². The van der Waals surface area contributed by atoms with Crippen LogP contribution in [-0.2, 0) is 6.61 Å². The van der Waals surface area contributed by atoms with E-state index in [-0.39, 0.29) is 18.3 Å². The number of thiazole rings is 1. The van der Waals surface area contributed by atoms with Crippen LogP contribution in [0.15, 0.2) is 56.2 Å². The van der Waals surface area contributed by atoms with E-state index in [0.717, 1.165) is 16.8 Å². The number of hydrogen-bond donors (Lipinski definition) is 1. The Morgan fingerprint density at radius 3 is 2.65 bits per heavy atom. The first kappa shape index (κ1) is 21.8. The molecule has 3 aromatic heterocycles. The van der Waals surface area contributed by atoms with E-state index in [2.05, 4.69) is 15.5 Å². The largest absolute Gasteiger partial charge is 0.487 e. The molecule has 1 N–H and O–H groups in total. The summed E-state index contributed by atoms with van der Waals surface area (Å²) in [4.78, 5) is 17.2. The molecule has 0 unspecified atom stereocenters. The maximum absolute atomic E-state index is 13.5. The summed E-state index contributed by atoms with van der Waals surface area (Å²) in [7, 11) is 1.55. The molecule has 1 amide bonds. The van der Waals surface area contributed by atoms with Crippen LogP contribution < -0.4 is 10.1 Å². The van der Waals surface area contributed by atoms with Crippen LogP contribution in [0.25, 0.3) is 33.4 Å². The van der Waals surface area contributed by atoms with Gasteiger partial charge in [0, 0.05) is 28.9 Å². The van der Waals surface area contributed by atoms with E-state index in [0.29, 0.717) is 45.1 Å². The highest BCUT2D eigenvalue weighted by Gasteiger charge is 2.25. The number of aromatic nitrogens is 2. The lowest BCUT2D eigenvalue weighted by atomic mass is 9.99. The van der Waals surface area contributed by atoms with Crippen LogP contribution in [0.1, 0.15) is 27.5 Å². The second-order valence-corrected chi connectivity index (χ2v) is 8.42. The number of aryl methyl sites for hydroxylation is 2. The first-order chi connectivity index (χ1) is 16.5. The number of halogens is 1. The third-order valence-corrected chi connectivity index (χ3v) is 6.15. The van der Waals surface area contributed by atoms with Gasteiger partial charge >= 0.3 is 0 Å². The minimum absolute atomic E-state index is 0.253. The van der Waals surface area contributed by atoms with Crippen molar-refractivity contribution in [3.63, 3.8) is 0 Å². The van der Waals surface area contributed by atoms with Crippen molar-refractivity contribution in [1.82, 2.24) is 15.5 Å². The highest BCUT2D eigenvalue weighted by atomic mass is 32.1. The summed E-state index contributed by atoms with van der Waals surface area (Å²) < 4.78 is 31.3. The van der Waals surface area contributed by atoms with Gasteiger partial charge in [-0.2, -0.15) is 0 Å². The molecule has 9 heteroatoms. The minimum Gasteiger partial charge on any atom is -0.487 e. The molecule has 5 aromatic rings. The van der Waals surface area contributed by atoms with Gasteiger partial charge in [-0.1, -0.05) is 5.16 Å². The second kappa shape index (κ2) is 8.75. The van der Waals surface area contributed by atoms with Gasteiger partial charge in [0.1, 0.15) is 35.3 Å². The average Bonchev–Trinajstić information content (AvgIpc) is 3.56. The molecule has 0 aliphatic carbocycles. The summed E-state index contributed by atoms with van der Waals surface area (Å²) in [6.45, 7) is 3.93. The maximum atomic E-state index is 13.5. The van der Waals surface area contributed by atoms with Crippen molar-refractivity contribution in [1.29, 1.82) is 0 Å². The summed E-state index contributed by atoms with van der Waals surface area (Å²) >= 11 is 1.48. The van der Waals surface area contributed by atoms with Crippen LogP contribution in [0.3, 0.4) is 0 Å². The molecule has 0 saturated carbocycles. The van der Waals surface area contributed by atoms with E-state index in [9.17, 15) is 9.18 Å². The van der Waals surface area contributed by atoms with E-state index < -0.39 is 0 Å². The maximum Gasteiger partial charge on any atom is 0.255 e. The number of benzene rings is 2. The van der Waals surface area contributed by atoms with Crippen LogP contribution >= 0.6 is 11.3 Å². The predicted molar refractivity (Wildman–Crippen MR) is 126 cm³/mol. The number of amides is 1. The van der Waals surface area contributed by atoms with E-state index >= 15 is 0 Å². The number of rotatable bonds is 6. The van der Waals surface area contributed by atoms with Gasteiger partial charge in [-0.25, -0.2) is 9.37 Å². The van der Waals surface area contributed by atoms with E-state index in [4.69, 9.17) is 13.7 Å². The number of carbonyl (C=O) groups is 1. The topological polar surface area (TPSA) is 90.4 Å². The zero-order chi connectivity index (χ0) is 23.8. The number of furan rings is 1. The van der Waals surface area contributed by atoms with Gasteiger partial charge in [-0.3, -0.25) is 4.79 Å². The number of nitrogens with one attached hydrogen (secondary N) is 1. The third kappa shape index (κ3) is 3.84. The van der Waals surface area contributed by atoms with Crippen molar-refractivity contribution in [3.8, 4) is 28.2 Å². The Morgan fingerprint density at radius 1 is 1.21 bits per heavy atom. The molecule has 0 aliphatic heterocycles. The number of hydrogen-bond acceptors (Lipinski definition) is 7. The molecule has 0 radical (unpaired) electrons. The highest BCUT2D eigenvalue weighted by Crippen LogP contribution is 2.42. The van der Waals surface area contributed by atoms with Crippen LogP contribution in [0.5, 0.6) is 5.75 Å². The Bertz CT molecular complexity index is 1470. The molecular weight excluding hydrogens is 457 g/mol. The lowest BCUT2D eigenvalue weighted by molar-refractivity contribution is 0.0964. The zero-order valence-electron chi connectivity index (χ0n) is 18.6. The van der Waals surface area contributed by atoms with Crippen molar-refractivity contribution in [2.24, 2.45) is 0 Å². The van der Waals surface area contributed by atoms with E-state index in [1.54, 1.807) is 30.8 Å². The third-order valence-electron chi connectivity index (χ3n) is 5.51. The SMILES string of the molecule is CNC(=O)c1c(-c2ccc(F)cc2)oc2cc(-c3c(C)noc3C)c(OCc3cscn3)cc12. The second-order valence-electron chi connectivity index (χ2n) is 7.70. The predicted octanol–water partition coefficient (Wildman–Crippen LogP) is 5.91. The monoisotopic (exact) mass is 477 g/mol. The first-order valence-corrected chi connectivity index (χ1v) is 11.4. The summed E-state index contributed by atoms with van der Waals surface area (Å²) in [6, 6.07) is 9.41. The molecule has 0 spiro atoms. The Balaban J connectivity index is 1.74. The van der Waals surface area contributed by atoms with Gasteiger partial charge < -0.3 is 19.0 Å². The molecule has 3 heterocycles. The molecule has 5 rings (SSSR count). The van der Waals surface area contributed by atoms with Crippen molar-refractivity contribution in [2.75, 3.05) is 7.05 Å². The summed E-state index contributed by atoms with van der Waals surface area (Å²) in [5.41, 5.74) is 6.15. The molecular formula is C25H20FN3O4S. The van der Waals surface area contributed by atoms with Crippen LogP contribution in [0.2, 0.25) is 0 Å². The van der Waals surface area contributed by atoms with E-state index in [1.165, 1.54) is 23.5 Å². The molecule has 0 bridgehead atoms. The standard InChI is InChI=1S/C25H20FN3O4S/c1-13-22(14(2)33-29-13)18-9-21-19(8-20(18)31-10-17-11-34-12-28-17)23(25(30)27-3)24(32-21)15-4-6-16(26)7-5-15/h4-9,11-12H,10H2,1-3H3,(H,27,30). The number of nitrogens with zero attached hydrogens (tertiary/aromatic N) is 2. The van der Waals surface area contributed by atoms with Crippen LogP contribution in [0, 0.1) is 19.7 Å². The lowest BCUT2D eigenvalue weighted by Crippen LogP contribution is -2.18. The van der Waals surface area contributed by atoms with Crippen LogP contribution in [0.4, 0.5) is 4.39 Å². The quantitative estimate of drug-likeness (QED) is 0.327. The molecule has 2 aromatic carbocycles. The molecule has 7 nitrogen and oxygen atoms in total. The summed E-state index contributed by atoms with van der Waals surface area (Å²) in [6.07, 6.45) is 0. The van der Waals surface area contributed by atoms with Gasteiger partial charge in [0.25, 0.3) is 5.91 Å². The molecule has 0 aliphatic rings. The number of fused-ring (bicyclic) bond motifs is 1. The lowest BCUT2D eigenvalue weighted by Gasteiger charge is -2.11. The Kier molecular flexibility index (Phi) is 5.62. The summed E-state index contributed by atoms with van der Waals surface area (Å²) in [5.74, 6) is 0.808. The van der Waals surface area contributed by atoms with Gasteiger partial charge in [0.2, 0.25) is 0 Å². The van der Waals surface area contributed by atoms with Gasteiger partial charge in [0.05, 0.1) is 28.0 Å². The van der Waals surface area contributed by atoms with Gasteiger partial charge in [-0.05, 0) is 50.2 Å². The zero-order valence-corrected chi connectivity index (χ0v) is 19.5. The fourth-order valence-corrected chi connectivity index (χ4v) is 4.46. The Hall–Kier alpha value is -3.98. The van der Waals surface area contributed by atoms with Crippen molar-refractivity contribution < 1.29 is 22.9 Å². The summed E-state index contributed by atoms with van der Waals surface area (Å²) in [5, 5.41) is 9.22.